The third-order valence-electron chi connectivity index (χ3n) is 2.83. The van der Waals surface area contributed by atoms with Crippen LogP contribution in [0, 0.1) is 11.3 Å². The van der Waals surface area contributed by atoms with Gasteiger partial charge in [0.2, 0.25) is 5.91 Å². The first-order chi connectivity index (χ1) is 10.7. The first kappa shape index (κ1) is 16.3. The summed E-state index contributed by atoms with van der Waals surface area (Å²) in [7, 11) is 0. The highest BCUT2D eigenvalue weighted by atomic mass is 35.5. The van der Waals surface area contributed by atoms with Crippen molar-refractivity contribution >= 4 is 29.3 Å². The van der Waals surface area contributed by atoms with E-state index >= 15 is 0 Å². The fraction of sp³-hybridized carbons (Fsp3) is 0.188. The molecule has 0 bridgehead atoms. The van der Waals surface area contributed by atoms with Gasteiger partial charge >= 0.3 is 0 Å². The smallest absolute Gasteiger partial charge is 0.222 e. The van der Waals surface area contributed by atoms with Crippen LogP contribution in [-0.4, -0.2) is 16.6 Å². The van der Waals surface area contributed by atoms with Gasteiger partial charge < -0.3 is 5.32 Å². The van der Waals surface area contributed by atoms with E-state index in [0.29, 0.717) is 22.8 Å². The number of thioether (sulfide) groups is 1. The number of carbonyl (C=O) groups is 1. The Labute approximate surface area is 138 Å². The molecule has 4 nitrogen and oxygen atoms in total. The molecule has 112 valence electrons. The van der Waals surface area contributed by atoms with Crippen molar-refractivity contribution < 1.29 is 4.79 Å². The van der Waals surface area contributed by atoms with Crippen molar-refractivity contribution in [2.45, 2.75) is 17.5 Å². The number of nitrogens with one attached hydrogen (secondary N) is 1. The van der Waals surface area contributed by atoms with Crippen LogP contribution in [0.3, 0.4) is 0 Å². The lowest BCUT2D eigenvalue weighted by Gasteiger charge is -2.12. The summed E-state index contributed by atoms with van der Waals surface area (Å²) < 4.78 is 0. The van der Waals surface area contributed by atoms with Crippen molar-refractivity contribution in [2.24, 2.45) is 0 Å². The van der Waals surface area contributed by atoms with Crippen molar-refractivity contribution in [3.8, 4) is 6.07 Å². The maximum atomic E-state index is 11.9. The van der Waals surface area contributed by atoms with E-state index in [4.69, 9.17) is 11.6 Å². The van der Waals surface area contributed by atoms with Crippen LogP contribution in [0.4, 0.5) is 0 Å². The number of hydrogen-bond acceptors (Lipinski definition) is 4. The molecule has 1 aromatic carbocycles. The molecule has 0 aliphatic heterocycles. The number of nitriles is 1. The summed E-state index contributed by atoms with van der Waals surface area (Å²) in [5.74, 6) is 0.436. The number of pyridine rings is 1. The van der Waals surface area contributed by atoms with E-state index in [-0.39, 0.29) is 5.91 Å². The largest absolute Gasteiger partial charge is 0.337 e. The van der Waals surface area contributed by atoms with E-state index < -0.39 is 6.04 Å². The zero-order chi connectivity index (χ0) is 15.8. The second-order valence-electron chi connectivity index (χ2n) is 4.45. The minimum Gasteiger partial charge on any atom is -0.337 e. The number of hydrogen-bond donors (Lipinski definition) is 1. The van der Waals surface area contributed by atoms with Crippen LogP contribution in [0.1, 0.15) is 18.0 Å². The third kappa shape index (κ3) is 5.06. The van der Waals surface area contributed by atoms with Crippen molar-refractivity contribution in [2.75, 3.05) is 5.75 Å². The maximum absolute atomic E-state index is 11.9. The number of benzene rings is 1. The summed E-state index contributed by atoms with van der Waals surface area (Å²) in [4.78, 5) is 16.1. The molecule has 1 N–H and O–H groups in total. The molecule has 0 aliphatic carbocycles. The number of aromatic nitrogens is 1. The summed E-state index contributed by atoms with van der Waals surface area (Å²) in [6.45, 7) is 0. The van der Waals surface area contributed by atoms with Gasteiger partial charge in [-0.05, 0) is 29.8 Å². The summed E-state index contributed by atoms with van der Waals surface area (Å²) in [5.41, 5.74) is 0.681. The Morgan fingerprint density at radius 1 is 1.36 bits per heavy atom. The molecule has 0 radical (unpaired) electrons. The molecule has 2 rings (SSSR count). The molecule has 1 aromatic heterocycles. The Bertz CT molecular complexity index is 673. The molecule has 6 heteroatoms. The van der Waals surface area contributed by atoms with Crippen LogP contribution in [0.15, 0.2) is 53.7 Å². The Balaban J connectivity index is 1.84. The average Bonchev–Trinajstić information content (AvgIpc) is 2.53. The monoisotopic (exact) mass is 331 g/mol. The maximum Gasteiger partial charge on any atom is 0.222 e. The second-order valence-corrected chi connectivity index (χ2v) is 6.00. The van der Waals surface area contributed by atoms with Gasteiger partial charge in [0.1, 0.15) is 6.04 Å². The van der Waals surface area contributed by atoms with E-state index in [0.717, 1.165) is 5.03 Å². The van der Waals surface area contributed by atoms with Crippen molar-refractivity contribution in [3.05, 3.63) is 59.2 Å². The van der Waals surface area contributed by atoms with Gasteiger partial charge in [0.15, 0.2) is 0 Å². The highest BCUT2D eigenvalue weighted by molar-refractivity contribution is 7.99. The van der Waals surface area contributed by atoms with Gasteiger partial charge in [-0.25, -0.2) is 4.98 Å². The van der Waals surface area contributed by atoms with Gasteiger partial charge in [0.25, 0.3) is 0 Å². The molecule has 0 fully saturated rings. The van der Waals surface area contributed by atoms with Gasteiger partial charge in [-0.15, -0.1) is 11.8 Å². The Morgan fingerprint density at radius 2 is 2.23 bits per heavy atom. The highest BCUT2D eigenvalue weighted by Crippen LogP contribution is 2.18. The van der Waals surface area contributed by atoms with Gasteiger partial charge in [-0.1, -0.05) is 29.8 Å². The molecule has 0 aliphatic rings. The SMILES string of the molecule is N#C[C@@H](NC(=O)CCSc1ccccn1)c1cccc(Cl)c1. The number of carbonyl (C=O) groups excluding carboxylic acids is 1. The first-order valence-corrected chi connectivity index (χ1v) is 8.03. The van der Waals surface area contributed by atoms with E-state index in [1.807, 2.05) is 18.2 Å². The quantitative estimate of drug-likeness (QED) is 0.821. The third-order valence-corrected chi connectivity index (χ3v) is 4.01. The van der Waals surface area contributed by atoms with Crippen LogP contribution >= 0.6 is 23.4 Å². The normalized spacial score (nSPS) is 11.5. The minimum absolute atomic E-state index is 0.171. The van der Waals surface area contributed by atoms with Crippen LogP contribution in [0.5, 0.6) is 0 Å². The number of halogens is 1. The Hall–Kier alpha value is -2.03. The van der Waals surface area contributed by atoms with E-state index in [9.17, 15) is 10.1 Å². The highest BCUT2D eigenvalue weighted by Gasteiger charge is 2.14. The van der Waals surface area contributed by atoms with E-state index in [1.54, 1.807) is 30.5 Å². The zero-order valence-electron chi connectivity index (χ0n) is 11.7. The summed E-state index contributed by atoms with van der Waals surface area (Å²) >= 11 is 7.41. The number of rotatable bonds is 6. The molecule has 0 unspecified atom stereocenters. The first-order valence-electron chi connectivity index (χ1n) is 6.67. The Morgan fingerprint density at radius 3 is 2.91 bits per heavy atom. The molecular formula is C16H14ClN3OS. The standard InChI is InChI=1S/C16H14ClN3OS/c17-13-5-3-4-12(10-13)14(11-18)20-15(21)7-9-22-16-6-1-2-8-19-16/h1-6,8,10,14H,7,9H2,(H,20,21)/t14-/m1/s1. The fourth-order valence-corrected chi connectivity index (χ4v) is 2.80. The Kier molecular flexibility index (Phi) is 6.26. The van der Waals surface area contributed by atoms with Crippen LogP contribution in [0.25, 0.3) is 0 Å². The molecule has 0 saturated carbocycles. The zero-order valence-corrected chi connectivity index (χ0v) is 13.3. The van der Waals surface area contributed by atoms with Crippen molar-refractivity contribution in [1.82, 2.24) is 10.3 Å². The van der Waals surface area contributed by atoms with Crippen LogP contribution in [-0.2, 0) is 4.79 Å². The fourth-order valence-electron chi connectivity index (χ4n) is 1.79. The van der Waals surface area contributed by atoms with Gasteiger partial charge in [-0.2, -0.15) is 5.26 Å². The summed E-state index contributed by atoms with van der Waals surface area (Å²) in [6.07, 6.45) is 2.03. The summed E-state index contributed by atoms with van der Waals surface area (Å²) in [5, 5.41) is 13.3. The van der Waals surface area contributed by atoms with Crippen molar-refractivity contribution in [3.63, 3.8) is 0 Å². The lowest BCUT2D eigenvalue weighted by atomic mass is 10.1. The number of nitrogens with zero attached hydrogens (tertiary/aromatic N) is 2. The van der Waals surface area contributed by atoms with Crippen molar-refractivity contribution in [1.29, 1.82) is 5.26 Å². The molecule has 1 atom stereocenters. The predicted molar refractivity (Wildman–Crippen MR) is 87.5 cm³/mol. The summed E-state index contributed by atoms with van der Waals surface area (Å²) in [6, 6.07) is 14.0. The average molecular weight is 332 g/mol. The minimum atomic E-state index is -0.689. The van der Waals surface area contributed by atoms with E-state index in [2.05, 4.69) is 16.4 Å². The van der Waals surface area contributed by atoms with Crippen LogP contribution in [0.2, 0.25) is 5.02 Å². The van der Waals surface area contributed by atoms with Gasteiger partial charge in [0, 0.05) is 23.4 Å². The van der Waals surface area contributed by atoms with Crippen LogP contribution < -0.4 is 5.32 Å². The molecule has 0 saturated heterocycles. The molecule has 0 spiro atoms. The van der Waals surface area contributed by atoms with Gasteiger partial charge in [0.05, 0.1) is 11.1 Å². The topological polar surface area (TPSA) is 65.8 Å². The molecule has 1 amide bonds. The lowest BCUT2D eigenvalue weighted by molar-refractivity contribution is -0.121. The van der Waals surface area contributed by atoms with Gasteiger partial charge in [-0.3, -0.25) is 4.79 Å². The number of amides is 1. The lowest BCUT2D eigenvalue weighted by Crippen LogP contribution is -2.27. The molecular weight excluding hydrogens is 318 g/mol. The predicted octanol–water partition coefficient (Wildman–Crippen LogP) is 3.60. The molecule has 22 heavy (non-hydrogen) atoms. The molecule has 1 heterocycles. The molecule has 2 aromatic rings. The second kappa shape index (κ2) is 8.42. The van der Waals surface area contributed by atoms with E-state index in [1.165, 1.54) is 11.8 Å².